The molecule has 0 aromatic heterocycles. The molecule has 0 aliphatic rings. The average molecular weight is 158 g/mol. The van der Waals surface area contributed by atoms with Crippen LogP contribution in [0.2, 0.25) is 0 Å². The number of carbonyl (C=O) groups is 2. The number of amides is 1. The van der Waals surface area contributed by atoms with E-state index in [2.05, 4.69) is 10.9 Å². The minimum Gasteiger partial charge on any atom is -0.298 e. The van der Waals surface area contributed by atoms with E-state index in [-0.39, 0.29) is 17.7 Å². The molecule has 0 bridgehead atoms. The number of ketones is 1. The summed E-state index contributed by atoms with van der Waals surface area (Å²) in [4.78, 5) is 21.2. The Morgan fingerprint density at radius 1 is 1.36 bits per heavy atom. The molecular formula is C7H14N2O2. The van der Waals surface area contributed by atoms with Crippen LogP contribution >= 0.6 is 0 Å². The van der Waals surface area contributed by atoms with Gasteiger partial charge in [0.25, 0.3) is 0 Å². The molecule has 0 radical (unpaired) electrons. The van der Waals surface area contributed by atoms with Crippen LogP contribution in [0, 0.1) is 0 Å². The van der Waals surface area contributed by atoms with E-state index >= 15 is 0 Å². The van der Waals surface area contributed by atoms with Crippen molar-refractivity contribution in [3.05, 3.63) is 0 Å². The fourth-order valence-electron chi connectivity index (χ4n) is 0.680. The summed E-state index contributed by atoms with van der Waals surface area (Å²) in [7, 11) is 0. The first-order valence-electron chi connectivity index (χ1n) is 3.60. The van der Waals surface area contributed by atoms with Crippen molar-refractivity contribution in [2.45, 2.75) is 33.2 Å². The molecule has 4 nitrogen and oxygen atoms in total. The Morgan fingerprint density at radius 2 is 1.91 bits per heavy atom. The molecule has 0 rings (SSSR count). The summed E-state index contributed by atoms with van der Waals surface area (Å²) in [5.74, 6) is -0.161. The summed E-state index contributed by atoms with van der Waals surface area (Å²) in [5, 5.41) is 0. The Labute approximate surface area is 66.3 Å². The van der Waals surface area contributed by atoms with Gasteiger partial charge in [0.15, 0.2) is 0 Å². The second-order valence-corrected chi connectivity index (χ2v) is 2.40. The molecule has 11 heavy (non-hydrogen) atoms. The van der Waals surface area contributed by atoms with Gasteiger partial charge in [-0.15, -0.1) is 0 Å². The number of hydrogen-bond donors (Lipinski definition) is 2. The molecule has 0 saturated carbocycles. The van der Waals surface area contributed by atoms with Crippen LogP contribution in [0.4, 0.5) is 0 Å². The van der Waals surface area contributed by atoms with E-state index in [1.54, 1.807) is 0 Å². The van der Waals surface area contributed by atoms with Crippen LogP contribution in [0.1, 0.15) is 27.2 Å². The van der Waals surface area contributed by atoms with Crippen molar-refractivity contribution < 1.29 is 9.59 Å². The van der Waals surface area contributed by atoms with Gasteiger partial charge < -0.3 is 0 Å². The maximum Gasteiger partial charge on any atom is 0.230 e. The van der Waals surface area contributed by atoms with Gasteiger partial charge in [-0.25, -0.2) is 5.43 Å². The monoisotopic (exact) mass is 158 g/mol. The van der Waals surface area contributed by atoms with Crippen molar-refractivity contribution in [1.29, 1.82) is 0 Å². The molecular weight excluding hydrogens is 144 g/mol. The predicted molar refractivity (Wildman–Crippen MR) is 41.7 cm³/mol. The second kappa shape index (κ2) is 4.85. The van der Waals surface area contributed by atoms with E-state index in [9.17, 15) is 9.59 Å². The zero-order valence-corrected chi connectivity index (χ0v) is 7.10. The standard InChI is InChI=1S/C7H14N2O2/c1-4-7(5(2)10)9-8-6(3)11/h7,9H,4H2,1-3H3,(H,8,11). The van der Waals surface area contributed by atoms with Gasteiger partial charge in [-0.1, -0.05) is 6.92 Å². The van der Waals surface area contributed by atoms with Gasteiger partial charge in [0.05, 0.1) is 6.04 Å². The first-order valence-corrected chi connectivity index (χ1v) is 3.60. The van der Waals surface area contributed by atoms with Crippen LogP contribution in [0.25, 0.3) is 0 Å². The van der Waals surface area contributed by atoms with Gasteiger partial charge in [-0.3, -0.25) is 15.0 Å². The van der Waals surface area contributed by atoms with E-state index in [1.807, 2.05) is 6.92 Å². The van der Waals surface area contributed by atoms with Crippen molar-refractivity contribution in [2.75, 3.05) is 0 Å². The molecule has 64 valence electrons. The molecule has 0 aromatic carbocycles. The lowest BCUT2D eigenvalue weighted by molar-refractivity contribution is -0.122. The van der Waals surface area contributed by atoms with Crippen molar-refractivity contribution in [3.63, 3.8) is 0 Å². The van der Waals surface area contributed by atoms with Gasteiger partial charge in [0.1, 0.15) is 5.78 Å². The number of carbonyl (C=O) groups excluding carboxylic acids is 2. The molecule has 1 amide bonds. The molecule has 1 atom stereocenters. The molecule has 4 heteroatoms. The minimum atomic E-state index is -0.265. The van der Waals surface area contributed by atoms with Crippen molar-refractivity contribution in [3.8, 4) is 0 Å². The van der Waals surface area contributed by atoms with E-state index in [0.717, 1.165) is 0 Å². The lowest BCUT2D eigenvalue weighted by atomic mass is 10.2. The maximum absolute atomic E-state index is 10.8. The van der Waals surface area contributed by atoms with Crippen molar-refractivity contribution in [1.82, 2.24) is 10.9 Å². The van der Waals surface area contributed by atoms with Crippen molar-refractivity contribution in [2.24, 2.45) is 0 Å². The third-order valence-electron chi connectivity index (χ3n) is 1.32. The van der Waals surface area contributed by atoms with Gasteiger partial charge in [-0.2, -0.15) is 0 Å². The Morgan fingerprint density at radius 3 is 2.18 bits per heavy atom. The average Bonchev–Trinajstić information content (AvgIpc) is 1.87. The van der Waals surface area contributed by atoms with Gasteiger partial charge in [0.2, 0.25) is 5.91 Å². The van der Waals surface area contributed by atoms with Crippen LogP contribution in [0.3, 0.4) is 0 Å². The zero-order chi connectivity index (χ0) is 8.85. The highest BCUT2D eigenvalue weighted by molar-refractivity contribution is 5.82. The third kappa shape index (κ3) is 4.50. The van der Waals surface area contributed by atoms with Gasteiger partial charge in [0, 0.05) is 6.92 Å². The van der Waals surface area contributed by atoms with E-state index in [1.165, 1.54) is 13.8 Å². The van der Waals surface area contributed by atoms with Crippen molar-refractivity contribution >= 4 is 11.7 Å². The predicted octanol–water partition coefficient (Wildman–Crippen LogP) is -0.00530. The summed E-state index contributed by atoms with van der Waals surface area (Å²) in [5.41, 5.74) is 4.99. The number of hydrazine groups is 1. The molecule has 0 spiro atoms. The lowest BCUT2D eigenvalue weighted by Gasteiger charge is -2.12. The smallest absolute Gasteiger partial charge is 0.230 e. The molecule has 0 aromatic rings. The normalized spacial score (nSPS) is 12.3. The quantitative estimate of drug-likeness (QED) is 0.566. The Hall–Kier alpha value is -0.900. The Bertz CT molecular complexity index is 157. The topological polar surface area (TPSA) is 58.2 Å². The summed E-state index contributed by atoms with van der Waals surface area (Å²) in [6.45, 7) is 4.75. The molecule has 2 N–H and O–H groups in total. The molecule has 1 unspecified atom stereocenters. The number of nitrogens with one attached hydrogen (secondary N) is 2. The van der Waals surface area contributed by atoms with E-state index in [4.69, 9.17) is 0 Å². The van der Waals surface area contributed by atoms with Crippen LogP contribution < -0.4 is 10.9 Å². The zero-order valence-electron chi connectivity index (χ0n) is 7.10. The molecule has 0 aliphatic heterocycles. The number of rotatable bonds is 4. The van der Waals surface area contributed by atoms with E-state index < -0.39 is 0 Å². The highest BCUT2D eigenvalue weighted by Crippen LogP contribution is 1.89. The van der Waals surface area contributed by atoms with E-state index in [0.29, 0.717) is 6.42 Å². The van der Waals surface area contributed by atoms with Crippen LogP contribution in [0.15, 0.2) is 0 Å². The first-order chi connectivity index (χ1) is 5.07. The first kappa shape index (κ1) is 10.1. The largest absolute Gasteiger partial charge is 0.298 e. The summed E-state index contributed by atoms with van der Waals surface area (Å²) in [6, 6.07) is -0.265. The fraction of sp³-hybridized carbons (Fsp3) is 0.714. The lowest BCUT2D eigenvalue weighted by Crippen LogP contribution is -2.46. The summed E-state index contributed by atoms with van der Waals surface area (Å²) >= 11 is 0. The number of hydrogen-bond acceptors (Lipinski definition) is 3. The Balaban J connectivity index is 3.70. The molecule has 0 saturated heterocycles. The highest BCUT2D eigenvalue weighted by Gasteiger charge is 2.09. The molecule has 0 fully saturated rings. The number of Topliss-reactive ketones (excluding diaryl/α,β-unsaturated/α-hetero) is 1. The third-order valence-corrected chi connectivity index (χ3v) is 1.32. The van der Waals surface area contributed by atoms with Crippen LogP contribution in [-0.2, 0) is 9.59 Å². The summed E-state index contributed by atoms with van der Waals surface area (Å²) < 4.78 is 0. The highest BCUT2D eigenvalue weighted by atomic mass is 16.2. The Kier molecular flexibility index (Phi) is 4.45. The molecule has 0 aliphatic carbocycles. The maximum atomic E-state index is 10.8. The van der Waals surface area contributed by atoms with Crippen LogP contribution in [0.5, 0.6) is 0 Å². The summed E-state index contributed by atoms with van der Waals surface area (Å²) in [6.07, 6.45) is 0.676. The van der Waals surface area contributed by atoms with Crippen LogP contribution in [-0.4, -0.2) is 17.7 Å². The van der Waals surface area contributed by atoms with Gasteiger partial charge >= 0.3 is 0 Å². The second-order valence-electron chi connectivity index (χ2n) is 2.40. The van der Waals surface area contributed by atoms with Gasteiger partial charge in [-0.05, 0) is 13.3 Å². The fourth-order valence-corrected chi connectivity index (χ4v) is 0.680. The minimum absolute atomic E-state index is 0.0289. The SMILES string of the molecule is CCC(NNC(C)=O)C(C)=O. The molecule has 0 heterocycles.